The van der Waals surface area contributed by atoms with E-state index in [0.717, 1.165) is 18.0 Å². The molecular formula is C20H31N3O2. The van der Waals surface area contributed by atoms with Gasteiger partial charge in [0.05, 0.1) is 12.7 Å². The van der Waals surface area contributed by atoms with Gasteiger partial charge in [0.2, 0.25) is 0 Å². The average molecular weight is 345 g/mol. The van der Waals surface area contributed by atoms with Gasteiger partial charge < -0.3 is 15.0 Å². The van der Waals surface area contributed by atoms with Gasteiger partial charge in [-0.1, -0.05) is 31.2 Å². The molecule has 1 unspecified atom stereocenters. The van der Waals surface area contributed by atoms with Crippen molar-refractivity contribution in [3.05, 3.63) is 35.4 Å². The molecule has 5 heteroatoms. The molecule has 0 aromatic heterocycles. The van der Waals surface area contributed by atoms with Crippen LogP contribution in [0, 0.1) is 5.92 Å². The van der Waals surface area contributed by atoms with Crippen molar-refractivity contribution >= 4 is 6.03 Å². The molecule has 2 aliphatic rings. The molecule has 1 atom stereocenters. The topological polar surface area (TPSA) is 44.8 Å². The molecule has 0 bridgehead atoms. The monoisotopic (exact) mass is 345 g/mol. The van der Waals surface area contributed by atoms with Crippen LogP contribution in [0.15, 0.2) is 24.3 Å². The molecule has 0 aliphatic carbocycles. The van der Waals surface area contributed by atoms with E-state index in [4.69, 9.17) is 4.74 Å². The van der Waals surface area contributed by atoms with Gasteiger partial charge in [0, 0.05) is 26.2 Å². The van der Waals surface area contributed by atoms with Crippen LogP contribution in [0.2, 0.25) is 0 Å². The molecule has 5 nitrogen and oxygen atoms in total. The highest BCUT2D eigenvalue weighted by Crippen LogP contribution is 2.18. The molecule has 2 heterocycles. The number of carbonyl (C=O) groups is 1. The van der Waals surface area contributed by atoms with Crippen molar-refractivity contribution in [1.29, 1.82) is 0 Å². The minimum atomic E-state index is 0.00154. The van der Waals surface area contributed by atoms with Crippen LogP contribution in [0.4, 0.5) is 4.79 Å². The molecule has 1 aromatic carbocycles. The maximum atomic E-state index is 12.2. The van der Waals surface area contributed by atoms with Crippen LogP contribution in [-0.4, -0.2) is 54.7 Å². The van der Waals surface area contributed by atoms with Gasteiger partial charge in [-0.25, -0.2) is 4.79 Å². The van der Waals surface area contributed by atoms with E-state index in [0.29, 0.717) is 26.2 Å². The maximum Gasteiger partial charge on any atom is 0.317 e. The molecular weight excluding hydrogens is 314 g/mol. The van der Waals surface area contributed by atoms with Gasteiger partial charge in [0.1, 0.15) is 0 Å². The number of morpholine rings is 1. The van der Waals surface area contributed by atoms with Crippen molar-refractivity contribution in [1.82, 2.24) is 15.1 Å². The van der Waals surface area contributed by atoms with Gasteiger partial charge in [-0.2, -0.15) is 0 Å². The van der Waals surface area contributed by atoms with Crippen molar-refractivity contribution in [3.63, 3.8) is 0 Å². The van der Waals surface area contributed by atoms with Gasteiger partial charge in [0.25, 0.3) is 0 Å². The summed E-state index contributed by atoms with van der Waals surface area (Å²) in [7, 11) is 0. The van der Waals surface area contributed by atoms with Crippen molar-refractivity contribution in [2.24, 2.45) is 5.92 Å². The third-order valence-electron chi connectivity index (χ3n) is 5.28. The lowest BCUT2D eigenvalue weighted by Gasteiger charge is -2.31. The Hall–Kier alpha value is -1.59. The van der Waals surface area contributed by atoms with Crippen LogP contribution in [0.5, 0.6) is 0 Å². The van der Waals surface area contributed by atoms with E-state index >= 15 is 0 Å². The molecule has 3 rings (SSSR count). The predicted octanol–water partition coefficient (Wildman–Crippen LogP) is 2.85. The molecule has 1 aromatic rings. The number of hydrogen-bond donors (Lipinski definition) is 1. The second kappa shape index (κ2) is 8.68. The van der Waals surface area contributed by atoms with E-state index in [1.165, 1.54) is 31.5 Å². The zero-order chi connectivity index (χ0) is 17.6. The fraction of sp³-hybridized carbons (Fsp3) is 0.650. The van der Waals surface area contributed by atoms with Crippen molar-refractivity contribution in [2.45, 2.75) is 45.9 Å². The number of nitrogens with one attached hydrogen (secondary N) is 1. The fourth-order valence-corrected chi connectivity index (χ4v) is 3.53. The van der Waals surface area contributed by atoms with Gasteiger partial charge in [-0.3, -0.25) is 4.90 Å². The van der Waals surface area contributed by atoms with Crippen molar-refractivity contribution in [2.75, 3.05) is 32.8 Å². The highest BCUT2D eigenvalue weighted by Gasteiger charge is 2.21. The van der Waals surface area contributed by atoms with Crippen LogP contribution in [-0.2, 0) is 17.8 Å². The van der Waals surface area contributed by atoms with E-state index in [2.05, 4.69) is 41.4 Å². The molecule has 25 heavy (non-hydrogen) atoms. The third kappa shape index (κ3) is 5.44. The smallest absolute Gasteiger partial charge is 0.317 e. The molecule has 2 saturated heterocycles. The summed E-state index contributed by atoms with van der Waals surface area (Å²) < 4.78 is 5.48. The number of ether oxygens (including phenoxy) is 1. The summed E-state index contributed by atoms with van der Waals surface area (Å²) in [6.07, 6.45) is 2.74. The highest BCUT2D eigenvalue weighted by molar-refractivity contribution is 5.74. The zero-order valence-corrected chi connectivity index (χ0v) is 15.5. The van der Waals surface area contributed by atoms with Crippen LogP contribution < -0.4 is 5.32 Å². The molecule has 0 radical (unpaired) electrons. The SMILES string of the molecule is CC1CCN(Cc2ccc(CNC(=O)N3CCOC(C)C3)cc2)CC1. The van der Waals surface area contributed by atoms with Gasteiger partial charge in [-0.05, 0) is 49.9 Å². The fourth-order valence-electron chi connectivity index (χ4n) is 3.53. The molecule has 2 fully saturated rings. The van der Waals surface area contributed by atoms with Gasteiger partial charge >= 0.3 is 6.03 Å². The summed E-state index contributed by atoms with van der Waals surface area (Å²) in [5, 5.41) is 3.02. The largest absolute Gasteiger partial charge is 0.375 e. The number of amides is 2. The Morgan fingerprint density at radius 3 is 2.48 bits per heavy atom. The van der Waals surface area contributed by atoms with Crippen molar-refractivity contribution in [3.8, 4) is 0 Å². The Bertz CT molecular complexity index is 553. The number of likely N-dealkylation sites (tertiary alicyclic amines) is 1. The summed E-state index contributed by atoms with van der Waals surface area (Å²) in [4.78, 5) is 16.6. The number of hydrogen-bond acceptors (Lipinski definition) is 3. The summed E-state index contributed by atoms with van der Waals surface area (Å²) in [5.41, 5.74) is 2.50. The standard InChI is InChI=1S/C20H31N3O2/c1-16-7-9-22(10-8-16)15-19-5-3-18(4-6-19)13-21-20(24)23-11-12-25-17(2)14-23/h3-6,16-17H,7-15H2,1-2H3,(H,21,24). The molecule has 138 valence electrons. The Balaban J connectivity index is 1.43. The lowest BCUT2D eigenvalue weighted by molar-refractivity contribution is -0.00351. The molecule has 2 amide bonds. The summed E-state index contributed by atoms with van der Waals surface area (Å²) in [6, 6.07) is 8.64. The first-order valence-corrected chi connectivity index (χ1v) is 9.54. The number of urea groups is 1. The first-order valence-electron chi connectivity index (χ1n) is 9.54. The minimum Gasteiger partial charge on any atom is -0.375 e. The number of rotatable bonds is 4. The van der Waals surface area contributed by atoms with Crippen LogP contribution in [0.25, 0.3) is 0 Å². The van der Waals surface area contributed by atoms with Crippen LogP contribution in [0.1, 0.15) is 37.8 Å². The first-order chi connectivity index (χ1) is 12.1. The number of nitrogens with zero attached hydrogens (tertiary/aromatic N) is 2. The molecule has 0 spiro atoms. The second-order valence-electron chi connectivity index (χ2n) is 7.56. The van der Waals surface area contributed by atoms with Gasteiger partial charge in [0.15, 0.2) is 0 Å². The summed E-state index contributed by atoms with van der Waals surface area (Å²) in [5.74, 6) is 0.872. The quantitative estimate of drug-likeness (QED) is 0.913. The Morgan fingerprint density at radius 2 is 1.80 bits per heavy atom. The lowest BCUT2D eigenvalue weighted by atomic mass is 9.99. The summed E-state index contributed by atoms with van der Waals surface area (Å²) >= 11 is 0. The molecule has 1 N–H and O–H groups in total. The predicted molar refractivity (Wildman–Crippen MR) is 99.3 cm³/mol. The molecule has 0 saturated carbocycles. The Kier molecular flexibility index (Phi) is 6.32. The second-order valence-corrected chi connectivity index (χ2v) is 7.56. The lowest BCUT2D eigenvalue weighted by Crippen LogP contribution is -2.48. The van der Waals surface area contributed by atoms with Crippen LogP contribution >= 0.6 is 0 Å². The van der Waals surface area contributed by atoms with Crippen LogP contribution in [0.3, 0.4) is 0 Å². The normalized spacial score (nSPS) is 22.8. The van der Waals surface area contributed by atoms with E-state index in [1.54, 1.807) is 0 Å². The van der Waals surface area contributed by atoms with Gasteiger partial charge in [-0.15, -0.1) is 0 Å². The number of piperidine rings is 1. The molecule has 2 aliphatic heterocycles. The Labute approximate surface area is 151 Å². The Morgan fingerprint density at radius 1 is 1.12 bits per heavy atom. The zero-order valence-electron chi connectivity index (χ0n) is 15.5. The number of benzene rings is 1. The van der Waals surface area contributed by atoms with E-state index in [-0.39, 0.29) is 12.1 Å². The maximum absolute atomic E-state index is 12.2. The van der Waals surface area contributed by atoms with E-state index in [1.807, 2.05) is 11.8 Å². The highest BCUT2D eigenvalue weighted by atomic mass is 16.5. The minimum absolute atomic E-state index is 0.00154. The first kappa shape index (κ1) is 18.2. The third-order valence-corrected chi connectivity index (χ3v) is 5.28. The van der Waals surface area contributed by atoms with E-state index < -0.39 is 0 Å². The summed E-state index contributed by atoms with van der Waals surface area (Å²) in [6.45, 7) is 10.3. The van der Waals surface area contributed by atoms with E-state index in [9.17, 15) is 4.79 Å². The van der Waals surface area contributed by atoms with Crippen molar-refractivity contribution < 1.29 is 9.53 Å². The average Bonchev–Trinajstić information content (AvgIpc) is 2.63. The number of carbonyl (C=O) groups excluding carboxylic acids is 1.